The van der Waals surface area contributed by atoms with E-state index in [-0.39, 0.29) is 0 Å². The van der Waals surface area contributed by atoms with E-state index in [2.05, 4.69) is 19.1 Å². The molecule has 1 aromatic rings. The second-order valence-electron chi connectivity index (χ2n) is 6.54. The average Bonchev–Trinajstić information content (AvgIpc) is 2.58. The third-order valence-corrected chi connectivity index (χ3v) is 4.29. The normalized spacial score (nSPS) is 12.4. The summed E-state index contributed by atoms with van der Waals surface area (Å²) < 4.78 is 19.4. The molecule has 0 saturated carbocycles. The fourth-order valence-electron chi connectivity index (χ4n) is 2.82. The lowest BCUT2D eigenvalue weighted by Gasteiger charge is -2.09. The van der Waals surface area contributed by atoms with E-state index in [1.807, 2.05) is 18.2 Å². The van der Waals surface area contributed by atoms with Crippen molar-refractivity contribution in [2.45, 2.75) is 90.3 Å². The van der Waals surface area contributed by atoms with Crippen molar-refractivity contribution >= 4 is 0 Å². The third-order valence-electron chi connectivity index (χ3n) is 4.29. The van der Waals surface area contributed by atoms with Gasteiger partial charge in [0.1, 0.15) is 6.17 Å². The number of rotatable bonds is 15. The molecule has 23 heavy (non-hydrogen) atoms. The lowest BCUT2D eigenvalue weighted by molar-refractivity contribution is 0.110. The highest BCUT2D eigenvalue weighted by Crippen LogP contribution is 2.14. The Morgan fingerprint density at radius 1 is 0.826 bits per heavy atom. The average molecular weight is 323 g/mol. The van der Waals surface area contributed by atoms with Crippen LogP contribution in [0.15, 0.2) is 30.3 Å². The SMILES string of the molecule is CCCCCCCCCCC(F)CCCOCc1ccccc1. The lowest BCUT2D eigenvalue weighted by atomic mass is 10.0. The van der Waals surface area contributed by atoms with Crippen molar-refractivity contribution in [3.63, 3.8) is 0 Å². The molecule has 0 aliphatic rings. The van der Waals surface area contributed by atoms with Crippen molar-refractivity contribution < 1.29 is 9.13 Å². The molecule has 1 unspecified atom stereocenters. The zero-order chi connectivity index (χ0) is 16.6. The fourth-order valence-corrected chi connectivity index (χ4v) is 2.82. The topological polar surface area (TPSA) is 9.23 Å². The molecule has 0 N–H and O–H groups in total. The summed E-state index contributed by atoms with van der Waals surface area (Å²) in [5.74, 6) is 0. The molecule has 2 heteroatoms. The Balaban J connectivity index is 1.84. The molecule has 0 saturated heterocycles. The van der Waals surface area contributed by atoms with Crippen LogP contribution in [0.25, 0.3) is 0 Å². The van der Waals surface area contributed by atoms with Crippen LogP contribution >= 0.6 is 0 Å². The molecule has 0 heterocycles. The van der Waals surface area contributed by atoms with E-state index in [9.17, 15) is 4.39 Å². The van der Waals surface area contributed by atoms with E-state index in [1.165, 1.54) is 50.5 Å². The fraction of sp³-hybridized carbons (Fsp3) is 0.714. The summed E-state index contributed by atoms with van der Waals surface area (Å²) in [4.78, 5) is 0. The Morgan fingerprint density at radius 3 is 2.13 bits per heavy atom. The first-order valence-corrected chi connectivity index (χ1v) is 9.58. The summed E-state index contributed by atoms with van der Waals surface area (Å²) in [5, 5.41) is 0. The quantitative estimate of drug-likeness (QED) is 0.321. The summed E-state index contributed by atoms with van der Waals surface area (Å²) in [6.45, 7) is 3.54. The number of halogens is 1. The highest BCUT2D eigenvalue weighted by Gasteiger charge is 2.05. The van der Waals surface area contributed by atoms with Crippen LogP contribution < -0.4 is 0 Å². The standard InChI is InChI=1S/C21H35FO/c1-2-3-4-5-6-7-8-12-16-21(22)17-13-18-23-19-20-14-10-9-11-15-20/h9-11,14-15,21H,2-8,12-13,16-19H2,1H3. The molecule has 0 amide bonds. The largest absolute Gasteiger partial charge is 0.377 e. The highest BCUT2D eigenvalue weighted by atomic mass is 19.1. The van der Waals surface area contributed by atoms with Gasteiger partial charge in [0.25, 0.3) is 0 Å². The first-order valence-electron chi connectivity index (χ1n) is 9.58. The van der Waals surface area contributed by atoms with Crippen LogP contribution in [-0.2, 0) is 11.3 Å². The Morgan fingerprint density at radius 2 is 1.43 bits per heavy atom. The van der Waals surface area contributed by atoms with Gasteiger partial charge in [-0.1, -0.05) is 88.6 Å². The molecule has 1 rings (SSSR count). The van der Waals surface area contributed by atoms with Crippen molar-refractivity contribution in [2.75, 3.05) is 6.61 Å². The van der Waals surface area contributed by atoms with E-state index in [1.54, 1.807) is 0 Å². The van der Waals surface area contributed by atoms with E-state index < -0.39 is 6.17 Å². The van der Waals surface area contributed by atoms with Gasteiger partial charge < -0.3 is 4.74 Å². The summed E-state index contributed by atoms with van der Waals surface area (Å²) in [6.07, 6.45) is 11.8. The number of alkyl halides is 1. The van der Waals surface area contributed by atoms with Crippen LogP contribution in [0.5, 0.6) is 0 Å². The molecule has 132 valence electrons. The van der Waals surface area contributed by atoms with Gasteiger partial charge in [-0.05, 0) is 24.8 Å². The van der Waals surface area contributed by atoms with Crippen LogP contribution in [0.2, 0.25) is 0 Å². The Labute approximate surface area is 142 Å². The molecular weight excluding hydrogens is 287 g/mol. The maximum atomic E-state index is 13.8. The Bertz CT molecular complexity index is 352. The zero-order valence-corrected chi connectivity index (χ0v) is 14.9. The Hall–Kier alpha value is -0.890. The molecular formula is C21H35FO. The van der Waals surface area contributed by atoms with Gasteiger partial charge >= 0.3 is 0 Å². The van der Waals surface area contributed by atoms with Crippen LogP contribution in [0.1, 0.15) is 83.1 Å². The van der Waals surface area contributed by atoms with E-state index in [4.69, 9.17) is 4.74 Å². The van der Waals surface area contributed by atoms with Gasteiger partial charge in [-0.25, -0.2) is 4.39 Å². The number of hydrogen-bond donors (Lipinski definition) is 0. The van der Waals surface area contributed by atoms with Crippen LogP contribution in [-0.4, -0.2) is 12.8 Å². The molecule has 0 aliphatic carbocycles. The predicted octanol–water partition coefficient (Wildman–Crippen LogP) is 6.85. The molecule has 0 radical (unpaired) electrons. The van der Waals surface area contributed by atoms with E-state index in [0.717, 1.165) is 19.3 Å². The molecule has 0 aromatic heterocycles. The van der Waals surface area contributed by atoms with Gasteiger partial charge in [-0.15, -0.1) is 0 Å². The van der Waals surface area contributed by atoms with Gasteiger partial charge in [0.15, 0.2) is 0 Å². The lowest BCUT2D eigenvalue weighted by Crippen LogP contribution is -2.03. The minimum absolute atomic E-state index is 0.635. The smallest absolute Gasteiger partial charge is 0.100 e. The number of unbranched alkanes of at least 4 members (excludes halogenated alkanes) is 7. The van der Waals surface area contributed by atoms with Crippen LogP contribution in [0, 0.1) is 0 Å². The van der Waals surface area contributed by atoms with Crippen molar-refractivity contribution in [3.8, 4) is 0 Å². The van der Waals surface area contributed by atoms with Gasteiger partial charge in [-0.3, -0.25) is 0 Å². The molecule has 1 aromatic carbocycles. The molecule has 1 nitrogen and oxygen atoms in total. The first-order chi connectivity index (χ1) is 11.3. The maximum absolute atomic E-state index is 13.8. The monoisotopic (exact) mass is 322 g/mol. The summed E-state index contributed by atoms with van der Waals surface area (Å²) in [6, 6.07) is 10.1. The zero-order valence-electron chi connectivity index (χ0n) is 14.9. The summed E-state index contributed by atoms with van der Waals surface area (Å²) in [5.41, 5.74) is 1.18. The Kier molecular flexibility index (Phi) is 12.9. The number of benzene rings is 1. The van der Waals surface area contributed by atoms with Crippen LogP contribution in [0.3, 0.4) is 0 Å². The molecule has 1 atom stereocenters. The van der Waals surface area contributed by atoms with Gasteiger partial charge in [0, 0.05) is 6.61 Å². The number of ether oxygens (including phenoxy) is 1. The van der Waals surface area contributed by atoms with Gasteiger partial charge in [-0.2, -0.15) is 0 Å². The molecule has 0 fully saturated rings. The molecule has 0 bridgehead atoms. The van der Waals surface area contributed by atoms with Crippen molar-refractivity contribution in [2.24, 2.45) is 0 Å². The highest BCUT2D eigenvalue weighted by molar-refractivity contribution is 5.13. The van der Waals surface area contributed by atoms with E-state index in [0.29, 0.717) is 19.6 Å². The molecule has 0 spiro atoms. The predicted molar refractivity (Wildman–Crippen MR) is 97.5 cm³/mol. The summed E-state index contributed by atoms with van der Waals surface area (Å²) in [7, 11) is 0. The van der Waals surface area contributed by atoms with Gasteiger partial charge in [0.05, 0.1) is 6.61 Å². The second kappa shape index (κ2) is 14.7. The van der Waals surface area contributed by atoms with Crippen molar-refractivity contribution in [3.05, 3.63) is 35.9 Å². The minimum Gasteiger partial charge on any atom is -0.377 e. The van der Waals surface area contributed by atoms with Crippen molar-refractivity contribution in [1.82, 2.24) is 0 Å². The second-order valence-corrected chi connectivity index (χ2v) is 6.54. The molecule has 0 aliphatic heterocycles. The number of hydrogen-bond acceptors (Lipinski definition) is 1. The maximum Gasteiger partial charge on any atom is 0.100 e. The van der Waals surface area contributed by atoms with Crippen molar-refractivity contribution in [1.29, 1.82) is 0 Å². The first kappa shape index (κ1) is 20.2. The summed E-state index contributed by atoms with van der Waals surface area (Å²) >= 11 is 0. The van der Waals surface area contributed by atoms with Gasteiger partial charge in [0.2, 0.25) is 0 Å². The minimum atomic E-state index is -0.643. The third kappa shape index (κ3) is 12.2. The van der Waals surface area contributed by atoms with Crippen LogP contribution in [0.4, 0.5) is 4.39 Å². The van der Waals surface area contributed by atoms with E-state index >= 15 is 0 Å².